The van der Waals surface area contributed by atoms with E-state index in [1.807, 2.05) is 55.5 Å². The number of carbonyl (C=O) groups is 1. The number of hydrogen-bond donors (Lipinski definition) is 0. The first kappa shape index (κ1) is 17.2. The number of nitrogens with zero attached hydrogens (tertiary/aromatic N) is 2. The van der Waals surface area contributed by atoms with Gasteiger partial charge in [0, 0.05) is 16.6 Å². The predicted octanol–water partition coefficient (Wildman–Crippen LogP) is 4.09. The highest BCUT2D eigenvalue weighted by Gasteiger charge is 2.13. The van der Waals surface area contributed by atoms with Crippen LogP contribution < -0.4 is 5.56 Å². The Hall–Kier alpha value is -3.25. The van der Waals surface area contributed by atoms with Gasteiger partial charge in [0.05, 0.1) is 5.69 Å². The highest BCUT2D eigenvalue weighted by Crippen LogP contribution is 2.28. The number of benzene rings is 1. The van der Waals surface area contributed by atoms with E-state index in [1.54, 1.807) is 12.1 Å². The van der Waals surface area contributed by atoms with Gasteiger partial charge in [-0.25, -0.2) is 9.78 Å². The fourth-order valence-electron chi connectivity index (χ4n) is 2.85. The van der Waals surface area contributed by atoms with E-state index >= 15 is 0 Å². The topological polar surface area (TPSA) is 60.7 Å². The molecule has 6 heteroatoms. The number of pyridine rings is 1. The molecule has 0 aliphatic heterocycles. The summed E-state index contributed by atoms with van der Waals surface area (Å²) < 4.78 is 6.88. The van der Waals surface area contributed by atoms with Crippen molar-refractivity contribution in [2.45, 2.75) is 13.5 Å². The van der Waals surface area contributed by atoms with Gasteiger partial charge in [0.15, 0.2) is 0 Å². The van der Waals surface area contributed by atoms with Crippen LogP contribution in [0, 0.1) is 6.92 Å². The highest BCUT2D eigenvalue weighted by atomic mass is 32.1. The van der Waals surface area contributed by atoms with Crippen LogP contribution in [0.3, 0.4) is 0 Å². The van der Waals surface area contributed by atoms with Crippen molar-refractivity contribution in [3.63, 3.8) is 0 Å². The minimum atomic E-state index is -0.423. The minimum Gasteiger partial charge on any atom is -0.455 e. The molecule has 0 aliphatic carbocycles. The second kappa shape index (κ2) is 7.17. The Balaban J connectivity index is 1.51. The molecule has 0 atom stereocenters. The number of rotatable bonds is 4. The zero-order valence-corrected chi connectivity index (χ0v) is 15.4. The van der Waals surface area contributed by atoms with E-state index in [1.165, 1.54) is 21.8 Å². The standard InChI is InChI=1S/C21H16N2O3S/c1-14-6-5-9-19-22-16(12-20(24)23(14)19)13-26-21(25)18-11-10-17(27-18)15-7-3-2-4-8-15/h2-12H,13H2,1H3. The molecule has 5 nitrogen and oxygen atoms in total. The second-order valence-electron chi connectivity index (χ2n) is 6.05. The van der Waals surface area contributed by atoms with E-state index in [-0.39, 0.29) is 12.2 Å². The number of thiophene rings is 1. The van der Waals surface area contributed by atoms with Gasteiger partial charge in [-0.05, 0) is 36.8 Å². The Labute approximate surface area is 159 Å². The number of carbonyl (C=O) groups excluding carboxylic acids is 1. The third-order valence-corrected chi connectivity index (χ3v) is 5.26. The maximum Gasteiger partial charge on any atom is 0.348 e. The molecule has 3 heterocycles. The number of hydrogen-bond acceptors (Lipinski definition) is 5. The molecule has 3 aromatic heterocycles. The van der Waals surface area contributed by atoms with Gasteiger partial charge in [0.2, 0.25) is 0 Å². The quantitative estimate of drug-likeness (QED) is 0.504. The summed E-state index contributed by atoms with van der Waals surface area (Å²) in [6.45, 7) is 1.80. The predicted molar refractivity (Wildman–Crippen MR) is 105 cm³/mol. The van der Waals surface area contributed by atoms with E-state index in [2.05, 4.69) is 4.98 Å². The number of esters is 1. The first-order valence-electron chi connectivity index (χ1n) is 8.42. The van der Waals surface area contributed by atoms with Gasteiger partial charge in [-0.15, -0.1) is 11.3 Å². The zero-order valence-electron chi connectivity index (χ0n) is 14.6. The molecule has 1 aromatic carbocycles. The molecule has 0 amide bonds. The van der Waals surface area contributed by atoms with Crippen molar-refractivity contribution >= 4 is 23.0 Å². The van der Waals surface area contributed by atoms with Crippen molar-refractivity contribution in [1.29, 1.82) is 0 Å². The van der Waals surface area contributed by atoms with E-state index in [4.69, 9.17) is 4.74 Å². The second-order valence-corrected chi connectivity index (χ2v) is 7.14. The van der Waals surface area contributed by atoms with Crippen LogP contribution >= 0.6 is 11.3 Å². The lowest BCUT2D eigenvalue weighted by Gasteiger charge is -2.07. The van der Waals surface area contributed by atoms with Gasteiger partial charge >= 0.3 is 5.97 Å². The number of aryl methyl sites for hydroxylation is 1. The molecule has 0 spiro atoms. The molecule has 0 saturated carbocycles. The van der Waals surface area contributed by atoms with Crippen LogP contribution in [-0.4, -0.2) is 15.4 Å². The molecule has 0 saturated heterocycles. The zero-order chi connectivity index (χ0) is 18.8. The lowest BCUT2D eigenvalue weighted by atomic mass is 10.2. The van der Waals surface area contributed by atoms with Crippen molar-refractivity contribution in [3.05, 3.63) is 93.3 Å². The summed E-state index contributed by atoms with van der Waals surface area (Å²) in [5.41, 5.74) is 2.64. The maximum absolute atomic E-state index is 12.3. The molecule has 0 fully saturated rings. The summed E-state index contributed by atoms with van der Waals surface area (Å²) in [6.07, 6.45) is 0. The van der Waals surface area contributed by atoms with Gasteiger partial charge in [-0.2, -0.15) is 0 Å². The lowest BCUT2D eigenvalue weighted by Crippen LogP contribution is -2.18. The van der Waals surface area contributed by atoms with Crippen LogP contribution in [0.4, 0.5) is 0 Å². The van der Waals surface area contributed by atoms with Gasteiger partial charge < -0.3 is 4.74 Å². The number of ether oxygens (including phenoxy) is 1. The summed E-state index contributed by atoms with van der Waals surface area (Å²) in [7, 11) is 0. The molecule has 134 valence electrons. The average molecular weight is 376 g/mol. The summed E-state index contributed by atoms with van der Waals surface area (Å²) in [4.78, 5) is 30.5. The van der Waals surface area contributed by atoms with Crippen LogP contribution in [0.1, 0.15) is 21.1 Å². The van der Waals surface area contributed by atoms with Gasteiger partial charge in [-0.1, -0.05) is 36.4 Å². The van der Waals surface area contributed by atoms with Crippen LogP contribution in [-0.2, 0) is 11.3 Å². The van der Waals surface area contributed by atoms with Crippen LogP contribution in [0.5, 0.6) is 0 Å². The van der Waals surface area contributed by atoms with Crippen molar-refractivity contribution in [3.8, 4) is 10.4 Å². The molecule has 0 bridgehead atoms. The Morgan fingerprint density at radius 3 is 2.70 bits per heavy atom. The third-order valence-electron chi connectivity index (χ3n) is 4.15. The highest BCUT2D eigenvalue weighted by molar-refractivity contribution is 7.17. The van der Waals surface area contributed by atoms with E-state index in [0.29, 0.717) is 16.2 Å². The average Bonchev–Trinajstić information content (AvgIpc) is 3.17. The summed E-state index contributed by atoms with van der Waals surface area (Å²) in [5, 5.41) is 0. The van der Waals surface area contributed by atoms with Crippen molar-refractivity contribution in [2.75, 3.05) is 0 Å². The van der Waals surface area contributed by atoms with Crippen LogP contribution in [0.25, 0.3) is 16.1 Å². The molecular formula is C21H16N2O3S. The molecular weight excluding hydrogens is 360 g/mol. The van der Waals surface area contributed by atoms with E-state index in [0.717, 1.165) is 16.1 Å². The van der Waals surface area contributed by atoms with Gasteiger partial charge in [0.1, 0.15) is 17.1 Å². The summed E-state index contributed by atoms with van der Waals surface area (Å²) in [5.74, 6) is -0.423. The fourth-order valence-corrected chi connectivity index (χ4v) is 3.76. The van der Waals surface area contributed by atoms with Gasteiger partial charge in [-0.3, -0.25) is 9.20 Å². The van der Waals surface area contributed by atoms with Crippen LogP contribution in [0.15, 0.2) is 71.5 Å². The molecule has 0 unspecified atom stereocenters. The Bertz CT molecular complexity index is 1180. The SMILES string of the molecule is Cc1cccc2nc(COC(=O)c3ccc(-c4ccccc4)s3)cc(=O)n12. The van der Waals surface area contributed by atoms with E-state index < -0.39 is 5.97 Å². The first-order valence-corrected chi connectivity index (χ1v) is 9.24. The third kappa shape index (κ3) is 3.52. The van der Waals surface area contributed by atoms with E-state index in [9.17, 15) is 9.59 Å². The smallest absolute Gasteiger partial charge is 0.348 e. The molecule has 4 rings (SSSR count). The Morgan fingerprint density at radius 2 is 1.89 bits per heavy atom. The molecule has 0 aliphatic rings. The summed E-state index contributed by atoms with van der Waals surface area (Å²) in [6, 6.07) is 20.3. The Kier molecular flexibility index (Phi) is 4.56. The summed E-state index contributed by atoms with van der Waals surface area (Å²) >= 11 is 1.38. The normalized spacial score (nSPS) is 10.9. The monoisotopic (exact) mass is 376 g/mol. The largest absolute Gasteiger partial charge is 0.455 e. The minimum absolute atomic E-state index is 0.0446. The Morgan fingerprint density at radius 1 is 1.07 bits per heavy atom. The van der Waals surface area contributed by atoms with Crippen molar-refractivity contribution in [2.24, 2.45) is 0 Å². The first-order chi connectivity index (χ1) is 13.1. The molecule has 27 heavy (non-hydrogen) atoms. The van der Waals surface area contributed by atoms with Crippen LogP contribution in [0.2, 0.25) is 0 Å². The van der Waals surface area contributed by atoms with Crippen molar-refractivity contribution < 1.29 is 9.53 Å². The maximum atomic E-state index is 12.3. The number of fused-ring (bicyclic) bond motifs is 1. The lowest BCUT2D eigenvalue weighted by molar-refractivity contribution is 0.0473. The van der Waals surface area contributed by atoms with Gasteiger partial charge in [0.25, 0.3) is 5.56 Å². The molecule has 0 radical (unpaired) electrons. The number of aromatic nitrogens is 2. The molecule has 0 N–H and O–H groups in total. The van der Waals surface area contributed by atoms with Crippen molar-refractivity contribution in [1.82, 2.24) is 9.38 Å². The fraction of sp³-hybridized carbons (Fsp3) is 0.0952. The molecule has 4 aromatic rings.